The minimum Gasteiger partial charge on any atom is -0.289 e. The van der Waals surface area contributed by atoms with Crippen LogP contribution in [0.5, 0.6) is 0 Å². The second kappa shape index (κ2) is 6.25. The molecule has 0 aliphatic carbocycles. The Balaban J connectivity index is 1.85. The number of rotatable bonds is 3. The molecule has 0 fully saturated rings. The van der Waals surface area contributed by atoms with Crippen LogP contribution in [0, 0.1) is 17.1 Å². The maximum absolute atomic E-state index is 12.9. The van der Waals surface area contributed by atoms with Crippen LogP contribution in [0.3, 0.4) is 0 Å². The molecule has 0 atom stereocenters. The molecule has 0 saturated carbocycles. The molecule has 0 aliphatic heterocycles. The maximum Gasteiger partial charge on any atom is 0.193 e. The summed E-state index contributed by atoms with van der Waals surface area (Å²) in [6, 6.07) is 22.1. The molecule has 3 aromatic rings. The number of benzene rings is 3. The van der Waals surface area contributed by atoms with Gasteiger partial charge in [-0.1, -0.05) is 36.4 Å². The van der Waals surface area contributed by atoms with Gasteiger partial charge < -0.3 is 0 Å². The topological polar surface area (TPSA) is 40.9 Å². The van der Waals surface area contributed by atoms with E-state index in [4.69, 9.17) is 5.26 Å². The number of hydrogen-bond acceptors (Lipinski definition) is 2. The number of ketones is 1. The number of nitrogens with zero attached hydrogens (tertiary/aromatic N) is 1. The Morgan fingerprint density at radius 3 is 1.65 bits per heavy atom. The minimum atomic E-state index is -0.363. The standard InChI is InChI=1S/C20H12FNO/c21-19-11-9-18(10-12-19)20(23)17-7-5-16(6-8-17)15-3-1-14(13-22)2-4-15/h1-12H. The summed E-state index contributed by atoms with van der Waals surface area (Å²) in [5.74, 6) is -0.505. The molecule has 0 aliphatic rings. The van der Waals surface area contributed by atoms with Gasteiger partial charge in [-0.3, -0.25) is 4.79 Å². The van der Waals surface area contributed by atoms with Crippen molar-refractivity contribution in [1.29, 1.82) is 5.26 Å². The van der Waals surface area contributed by atoms with Crippen molar-refractivity contribution in [3.63, 3.8) is 0 Å². The van der Waals surface area contributed by atoms with Gasteiger partial charge in [0.15, 0.2) is 5.78 Å². The zero-order chi connectivity index (χ0) is 16.2. The monoisotopic (exact) mass is 301 g/mol. The second-order valence-electron chi connectivity index (χ2n) is 5.10. The van der Waals surface area contributed by atoms with Crippen LogP contribution in [0.15, 0.2) is 72.8 Å². The second-order valence-corrected chi connectivity index (χ2v) is 5.10. The first-order valence-corrected chi connectivity index (χ1v) is 7.08. The Morgan fingerprint density at radius 2 is 1.17 bits per heavy atom. The molecule has 0 unspecified atom stereocenters. The van der Waals surface area contributed by atoms with Crippen LogP contribution < -0.4 is 0 Å². The number of halogens is 1. The van der Waals surface area contributed by atoms with Gasteiger partial charge in [-0.05, 0) is 47.5 Å². The lowest BCUT2D eigenvalue weighted by Gasteiger charge is -2.05. The van der Waals surface area contributed by atoms with E-state index < -0.39 is 0 Å². The van der Waals surface area contributed by atoms with Crippen molar-refractivity contribution in [3.8, 4) is 17.2 Å². The van der Waals surface area contributed by atoms with E-state index in [1.54, 1.807) is 24.3 Å². The van der Waals surface area contributed by atoms with Crippen LogP contribution in [0.2, 0.25) is 0 Å². The summed E-state index contributed by atoms with van der Waals surface area (Å²) in [4.78, 5) is 12.3. The Hall–Kier alpha value is -3.25. The molecule has 23 heavy (non-hydrogen) atoms. The zero-order valence-corrected chi connectivity index (χ0v) is 12.2. The van der Waals surface area contributed by atoms with E-state index in [1.165, 1.54) is 24.3 Å². The van der Waals surface area contributed by atoms with Gasteiger partial charge in [0.25, 0.3) is 0 Å². The van der Waals surface area contributed by atoms with E-state index in [1.807, 2.05) is 24.3 Å². The van der Waals surface area contributed by atoms with E-state index in [9.17, 15) is 9.18 Å². The van der Waals surface area contributed by atoms with Gasteiger partial charge in [-0.25, -0.2) is 4.39 Å². The van der Waals surface area contributed by atoms with Gasteiger partial charge in [0, 0.05) is 11.1 Å². The molecule has 0 N–H and O–H groups in total. The van der Waals surface area contributed by atoms with Crippen molar-refractivity contribution in [1.82, 2.24) is 0 Å². The highest BCUT2D eigenvalue weighted by atomic mass is 19.1. The van der Waals surface area contributed by atoms with Gasteiger partial charge in [-0.2, -0.15) is 5.26 Å². The van der Waals surface area contributed by atoms with Crippen molar-refractivity contribution in [2.45, 2.75) is 0 Å². The molecule has 2 nitrogen and oxygen atoms in total. The van der Waals surface area contributed by atoms with Gasteiger partial charge in [-0.15, -0.1) is 0 Å². The van der Waals surface area contributed by atoms with Crippen LogP contribution >= 0.6 is 0 Å². The highest BCUT2D eigenvalue weighted by Gasteiger charge is 2.09. The van der Waals surface area contributed by atoms with E-state index in [0.717, 1.165) is 11.1 Å². The van der Waals surface area contributed by atoms with Gasteiger partial charge >= 0.3 is 0 Å². The lowest BCUT2D eigenvalue weighted by molar-refractivity contribution is 0.103. The molecular weight excluding hydrogens is 289 g/mol. The fourth-order valence-corrected chi connectivity index (χ4v) is 2.32. The smallest absolute Gasteiger partial charge is 0.193 e. The molecule has 0 saturated heterocycles. The van der Waals surface area contributed by atoms with E-state index in [0.29, 0.717) is 16.7 Å². The Morgan fingerprint density at radius 1 is 0.739 bits per heavy atom. The highest BCUT2D eigenvalue weighted by molar-refractivity contribution is 6.09. The molecule has 0 bridgehead atoms. The quantitative estimate of drug-likeness (QED) is 0.664. The first-order valence-electron chi connectivity index (χ1n) is 7.08. The maximum atomic E-state index is 12.9. The highest BCUT2D eigenvalue weighted by Crippen LogP contribution is 2.21. The predicted octanol–water partition coefficient (Wildman–Crippen LogP) is 4.60. The molecule has 0 heterocycles. The molecule has 0 spiro atoms. The lowest BCUT2D eigenvalue weighted by atomic mass is 9.99. The van der Waals surface area contributed by atoms with Gasteiger partial charge in [0.1, 0.15) is 5.82 Å². The Kier molecular flexibility index (Phi) is 3.99. The Labute approximate surface area is 133 Å². The summed E-state index contributed by atoms with van der Waals surface area (Å²) in [5.41, 5.74) is 3.55. The van der Waals surface area contributed by atoms with Crippen molar-refractivity contribution in [3.05, 3.63) is 95.3 Å². The molecule has 0 radical (unpaired) electrons. The number of nitriles is 1. The summed E-state index contributed by atoms with van der Waals surface area (Å²) < 4.78 is 12.9. The number of carbonyl (C=O) groups excluding carboxylic acids is 1. The minimum absolute atomic E-state index is 0.142. The Bertz CT molecular complexity index is 873. The molecule has 0 aromatic heterocycles. The van der Waals surface area contributed by atoms with Crippen LogP contribution in [-0.4, -0.2) is 5.78 Å². The molecule has 110 valence electrons. The van der Waals surface area contributed by atoms with Gasteiger partial charge in [0.2, 0.25) is 0 Å². The van der Waals surface area contributed by atoms with E-state index in [-0.39, 0.29) is 11.6 Å². The lowest BCUT2D eigenvalue weighted by Crippen LogP contribution is -2.00. The van der Waals surface area contributed by atoms with Crippen LogP contribution in [0.25, 0.3) is 11.1 Å². The van der Waals surface area contributed by atoms with E-state index in [2.05, 4.69) is 6.07 Å². The molecular formula is C20H12FNO. The van der Waals surface area contributed by atoms with Crippen molar-refractivity contribution in [2.24, 2.45) is 0 Å². The summed E-state index contributed by atoms with van der Waals surface area (Å²) in [7, 11) is 0. The van der Waals surface area contributed by atoms with E-state index >= 15 is 0 Å². The van der Waals surface area contributed by atoms with Crippen LogP contribution in [-0.2, 0) is 0 Å². The fourth-order valence-electron chi connectivity index (χ4n) is 2.32. The molecule has 3 aromatic carbocycles. The number of carbonyl (C=O) groups is 1. The fraction of sp³-hybridized carbons (Fsp3) is 0. The average Bonchev–Trinajstić information content (AvgIpc) is 2.62. The number of hydrogen-bond donors (Lipinski definition) is 0. The molecule has 0 amide bonds. The predicted molar refractivity (Wildman–Crippen MR) is 86.4 cm³/mol. The van der Waals surface area contributed by atoms with Gasteiger partial charge in [0.05, 0.1) is 11.6 Å². The third-order valence-corrected chi connectivity index (χ3v) is 3.60. The molecule has 3 heteroatoms. The SMILES string of the molecule is N#Cc1ccc(-c2ccc(C(=O)c3ccc(F)cc3)cc2)cc1. The van der Waals surface area contributed by atoms with Crippen molar-refractivity contribution < 1.29 is 9.18 Å². The van der Waals surface area contributed by atoms with Crippen molar-refractivity contribution in [2.75, 3.05) is 0 Å². The normalized spacial score (nSPS) is 10.1. The van der Waals surface area contributed by atoms with Crippen molar-refractivity contribution >= 4 is 5.78 Å². The first-order chi connectivity index (χ1) is 11.2. The third kappa shape index (κ3) is 3.17. The third-order valence-electron chi connectivity index (χ3n) is 3.60. The molecule has 3 rings (SSSR count). The average molecular weight is 301 g/mol. The first kappa shape index (κ1) is 14.7. The summed E-state index contributed by atoms with van der Waals surface area (Å²) in [6.07, 6.45) is 0. The van der Waals surface area contributed by atoms with Crippen LogP contribution in [0.4, 0.5) is 4.39 Å². The summed E-state index contributed by atoms with van der Waals surface area (Å²) in [6.45, 7) is 0. The summed E-state index contributed by atoms with van der Waals surface area (Å²) in [5, 5.41) is 8.81. The zero-order valence-electron chi connectivity index (χ0n) is 12.2. The largest absolute Gasteiger partial charge is 0.289 e. The van der Waals surface area contributed by atoms with Crippen LogP contribution in [0.1, 0.15) is 21.5 Å². The summed E-state index contributed by atoms with van der Waals surface area (Å²) >= 11 is 0.